The smallest absolute Gasteiger partial charge is 0.325 e. The zero-order chi connectivity index (χ0) is 12.7. The molecule has 0 saturated heterocycles. The first kappa shape index (κ1) is 11.1. The van der Waals surface area contributed by atoms with Crippen LogP contribution < -0.4 is 4.90 Å². The second-order valence-corrected chi connectivity index (χ2v) is 4.60. The number of fused-ring (bicyclic) bond motifs is 3. The van der Waals surface area contributed by atoms with Crippen molar-refractivity contribution in [1.82, 2.24) is 0 Å². The van der Waals surface area contributed by atoms with Crippen molar-refractivity contribution in [3.8, 4) is 0 Å². The molecule has 2 aromatic rings. The summed E-state index contributed by atoms with van der Waals surface area (Å²) in [6, 6.07) is 12.8. The number of esters is 1. The van der Waals surface area contributed by atoms with Crippen LogP contribution in [0.4, 0.5) is 5.69 Å². The van der Waals surface area contributed by atoms with Gasteiger partial charge in [0.05, 0.1) is 13.2 Å². The SMILES string of the molecule is COC(=O)CN1c2ccc3ccccc3c2C1C. The first-order chi connectivity index (χ1) is 8.72. The molecule has 0 N–H and O–H groups in total. The van der Waals surface area contributed by atoms with E-state index in [9.17, 15) is 4.79 Å². The van der Waals surface area contributed by atoms with E-state index in [1.54, 1.807) is 0 Å². The van der Waals surface area contributed by atoms with Crippen LogP contribution in [0.1, 0.15) is 18.5 Å². The molecule has 1 unspecified atom stereocenters. The van der Waals surface area contributed by atoms with Crippen molar-refractivity contribution >= 4 is 22.4 Å². The Morgan fingerprint density at radius 1 is 1.28 bits per heavy atom. The molecule has 1 heterocycles. The first-order valence-corrected chi connectivity index (χ1v) is 6.07. The normalized spacial score (nSPS) is 17.2. The summed E-state index contributed by atoms with van der Waals surface area (Å²) in [7, 11) is 1.42. The lowest BCUT2D eigenvalue weighted by Gasteiger charge is -2.43. The maximum Gasteiger partial charge on any atom is 0.325 e. The minimum atomic E-state index is -0.194. The minimum Gasteiger partial charge on any atom is -0.468 e. The van der Waals surface area contributed by atoms with Crippen LogP contribution in [0.5, 0.6) is 0 Å². The number of anilines is 1. The number of hydrogen-bond donors (Lipinski definition) is 0. The Bertz CT molecular complexity index is 621. The summed E-state index contributed by atoms with van der Waals surface area (Å²) in [4.78, 5) is 13.4. The largest absolute Gasteiger partial charge is 0.468 e. The fourth-order valence-electron chi connectivity index (χ4n) is 2.70. The molecule has 0 amide bonds. The first-order valence-electron chi connectivity index (χ1n) is 6.07. The van der Waals surface area contributed by atoms with Gasteiger partial charge >= 0.3 is 5.97 Å². The van der Waals surface area contributed by atoms with Gasteiger partial charge in [0, 0.05) is 11.3 Å². The van der Waals surface area contributed by atoms with Gasteiger partial charge in [-0.1, -0.05) is 30.3 Å². The molecule has 92 valence electrons. The molecule has 1 aliphatic heterocycles. The third kappa shape index (κ3) is 1.47. The predicted molar refractivity (Wildman–Crippen MR) is 71.7 cm³/mol. The van der Waals surface area contributed by atoms with Crippen LogP contribution in [0.3, 0.4) is 0 Å². The highest BCUT2D eigenvalue weighted by Gasteiger charge is 2.33. The molecule has 0 radical (unpaired) electrons. The van der Waals surface area contributed by atoms with E-state index in [1.165, 1.54) is 23.4 Å². The maximum atomic E-state index is 11.4. The molecule has 2 aromatic carbocycles. The van der Waals surface area contributed by atoms with Gasteiger partial charge in [0.15, 0.2) is 0 Å². The molecular formula is C15H15NO2. The number of carbonyl (C=O) groups is 1. The van der Waals surface area contributed by atoms with Crippen molar-refractivity contribution in [3.05, 3.63) is 42.0 Å². The molecule has 0 saturated carbocycles. The van der Waals surface area contributed by atoms with Crippen molar-refractivity contribution in [3.63, 3.8) is 0 Å². The summed E-state index contributed by atoms with van der Waals surface area (Å²) in [6.45, 7) is 2.45. The molecular weight excluding hydrogens is 226 g/mol. The molecule has 0 aliphatic carbocycles. The molecule has 3 nitrogen and oxygen atoms in total. The second-order valence-electron chi connectivity index (χ2n) is 4.60. The van der Waals surface area contributed by atoms with Crippen molar-refractivity contribution in [2.45, 2.75) is 13.0 Å². The maximum absolute atomic E-state index is 11.4. The van der Waals surface area contributed by atoms with Gasteiger partial charge in [0.1, 0.15) is 6.54 Å². The lowest BCUT2D eigenvalue weighted by atomic mass is 9.89. The molecule has 0 spiro atoms. The second kappa shape index (κ2) is 4.02. The van der Waals surface area contributed by atoms with Gasteiger partial charge in [-0.15, -0.1) is 0 Å². The van der Waals surface area contributed by atoms with Crippen LogP contribution >= 0.6 is 0 Å². The van der Waals surface area contributed by atoms with E-state index >= 15 is 0 Å². The Labute approximate surface area is 106 Å². The van der Waals surface area contributed by atoms with E-state index in [2.05, 4.69) is 42.2 Å². The lowest BCUT2D eigenvalue weighted by molar-refractivity contribution is -0.139. The standard InChI is InChI=1S/C15H15NO2/c1-10-15-12-6-4-3-5-11(12)7-8-13(15)16(10)9-14(17)18-2/h3-8,10H,9H2,1-2H3. The summed E-state index contributed by atoms with van der Waals surface area (Å²) in [6.07, 6.45) is 0. The number of carbonyl (C=O) groups excluding carboxylic acids is 1. The molecule has 0 aromatic heterocycles. The summed E-state index contributed by atoms with van der Waals surface area (Å²) in [5, 5.41) is 2.53. The quantitative estimate of drug-likeness (QED) is 0.757. The summed E-state index contributed by atoms with van der Waals surface area (Å²) in [5.41, 5.74) is 2.48. The Morgan fingerprint density at radius 2 is 2.06 bits per heavy atom. The van der Waals surface area contributed by atoms with Crippen LogP contribution in [0.25, 0.3) is 10.8 Å². The van der Waals surface area contributed by atoms with Gasteiger partial charge in [-0.2, -0.15) is 0 Å². The summed E-state index contributed by atoms with van der Waals surface area (Å²) < 4.78 is 4.73. The van der Waals surface area contributed by atoms with Gasteiger partial charge in [0.2, 0.25) is 0 Å². The van der Waals surface area contributed by atoms with Gasteiger partial charge in [-0.3, -0.25) is 4.79 Å². The molecule has 0 fully saturated rings. The van der Waals surface area contributed by atoms with E-state index < -0.39 is 0 Å². The van der Waals surface area contributed by atoms with E-state index in [1.807, 2.05) is 6.07 Å². The van der Waals surface area contributed by atoms with Crippen LogP contribution in [-0.4, -0.2) is 19.6 Å². The van der Waals surface area contributed by atoms with Crippen LogP contribution in [0.15, 0.2) is 36.4 Å². The average Bonchev–Trinajstić information content (AvgIpc) is 2.42. The number of ether oxygens (including phenoxy) is 1. The van der Waals surface area contributed by atoms with Crippen molar-refractivity contribution in [2.75, 3.05) is 18.6 Å². The average molecular weight is 241 g/mol. The zero-order valence-electron chi connectivity index (χ0n) is 10.5. The van der Waals surface area contributed by atoms with E-state index in [0.29, 0.717) is 6.54 Å². The fraction of sp³-hybridized carbons (Fsp3) is 0.267. The van der Waals surface area contributed by atoms with Gasteiger partial charge in [0.25, 0.3) is 0 Å². The Hall–Kier alpha value is -2.03. The van der Waals surface area contributed by atoms with Crippen molar-refractivity contribution in [2.24, 2.45) is 0 Å². The Balaban J connectivity index is 2.03. The van der Waals surface area contributed by atoms with Gasteiger partial charge in [-0.25, -0.2) is 0 Å². The highest BCUT2D eigenvalue weighted by atomic mass is 16.5. The molecule has 3 heteroatoms. The number of nitrogens with zero attached hydrogens (tertiary/aromatic N) is 1. The zero-order valence-corrected chi connectivity index (χ0v) is 10.5. The molecule has 1 atom stereocenters. The Kier molecular flexibility index (Phi) is 2.47. The monoisotopic (exact) mass is 241 g/mol. The lowest BCUT2D eigenvalue weighted by Crippen LogP contribution is -2.40. The van der Waals surface area contributed by atoms with Gasteiger partial charge < -0.3 is 9.64 Å². The Morgan fingerprint density at radius 3 is 2.83 bits per heavy atom. The van der Waals surface area contributed by atoms with Crippen LogP contribution in [0, 0.1) is 0 Å². The highest BCUT2D eigenvalue weighted by Crippen LogP contribution is 2.46. The third-order valence-electron chi connectivity index (χ3n) is 3.67. The predicted octanol–water partition coefficient (Wildman–Crippen LogP) is 2.89. The number of methoxy groups -OCH3 is 1. The number of rotatable bonds is 2. The van der Waals surface area contributed by atoms with Crippen LogP contribution in [-0.2, 0) is 9.53 Å². The van der Waals surface area contributed by atoms with Crippen LogP contribution in [0.2, 0.25) is 0 Å². The minimum absolute atomic E-state index is 0.194. The molecule has 1 aliphatic rings. The molecule has 18 heavy (non-hydrogen) atoms. The fourth-order valence-corrected chi connectivity index (χ4v) is 2.70. The van der Waals surface area contributed by atoms with Crippen molar-refractivity contribution in [1.29, 1.82) is 0 Å². The summed E-state index contributed by atoms with van der Waals surface area (Å²) in [5.74, 6) is -0.194. The highest BCUT2D eigenvalue weighted by molar-refractivity contribution is 5.95. The van der Waals surface area contributed by atoms with Gasteiger partial charge in [-0.05, 0) is 23.8 Å². The topological polar surface area (TPSA) is 29.5 Å². The number of hydrogen-bond acceptors (Lipinski definition) is 3. The van der Waals surface area contributed by atoms with E-state index in [4.69, 9.17) is 4.74 Å². The van der Waals surface area contributed by atoms with E-state index in [0.717, 1.165) is 5.69 Å². The summed E-state index contributed by atoms with van der Waals surface area (Å²) >= 11 is 0. The van der Waals surface area contributed by atoms with E-state index in [-0.39, 0.29) is 12.0 Å². The number of benzene rings is 2. The molecule has 0 bridgehead atoms. The van der Waals surface area contributed by atoms with Crippen molar-refractivity contribution < 1.29 is 9.53 Å². The third-order valence-corrected chi connectivity index (χ3v) is 3.67. The molecule has 3 rings (SSSR count).